The normalized spacial score (nSPS) is 27.5. The van der Waals surface area contributed by atoms with Crippen LogP contribution in [0.1, 0.15) is 30.4 Å². The third-order valence-corrected chi connectivity index (χ3v) is 5.13. The second kappa shape index (κ2) is 5.01. The van der Waals surface area contributed by atoms with E-state index in [1.165, 1.54) is 5.56 Å². The first kappa shape index (κ1) is 14.1. The summed E-state index contributed by atoms with van der Waals surface area (Å²) in [5, 5.41) is 3.05. The maximum atomic E-state index is 12.0. The highest BCUT2D eigenvalue weighted by Gasteiger charge is 2.69. The van der Waals surface area contributed by atoms with E-state index in [2.05, 4.69) is 17.4 Å². The lowest BCUT2D eigenvalue weighted by Crippen LogP contribution is -2.76. The fraction of sp³-hybridized carbons (Fsp3) is 0.316. The molecule has 3 aliphatic carbocycles. The smallest absolute Gasteiger partial charge is 0.407 e. The van der Waals surface area contributed by atoms with Gasteiger partial charge in [-0.15, -0.1) is 0 Å². The Labute approximate surface area is 135 Å². The van der Waals surface area contributed by atoms with Gasteiger partial charge in [-0.25, -0.2) is 4.79 Å². The van der Waals surface area contributed by atoms with Gasteiger partial charge in [-0.1, -0.05) is 42.5 Å². The van der Waals surface area contributed by atoms with Crippen molar-refractivity contribution in [2.75, 3.05) is 5.73 Å². The Kier molecular flexibility index (Phi) is 3.08. The summed E-state index contributed by atoms with van der Waals surface area (Å²) in [6.07, 6.45) is 2.65. The van der Waals surface area contributed by atoms with Crippen LogP contribution in [0.5, 0.6) is 0 Å². The van der Waals surface area contributed by atoms with Gasteiger partial charge in [0.15, 0.2) is 0 Å². The molecule has 2 aromatic carbocycles. The minimum atomic E-state index is -0.320. The lowest BCUT2D eigenvalue weighted by atomic mass is 9.37. The Balaban J connectivity index is 1.29. The summed E-state index contributed by atoms with van der Waals surface area (Å²) >= 11 is 0. The zero-order valence-electron chi connectivity index (χ0n) is 12.9. The standard InChI is InChI=1S/C19H20N2O2/c20-16-8-6-15(7-9-16)18-11-19(12-18,13-18)21-17(22)23-10-14-4-2-1-3-5-14/h1-9H,10-13,20H2,(H,21,22). The maximum Gasteiger partial charge on any atom is 0.407 e. The fourth-order valence-electron chi connectivity index (χ4n) is 4.04. The Morgan fingerprint density at radius 2 is 1.70 bits per heavy atom. The van der Waals surface area contributed by atoms with Gasteiger partial charge in [0.05, 0.1) is 0 Å². The van der Waals surface area contributed by atoms with Gasteiger partial charge >= 0.3 is 6.09 Å². The molecule has 0 unspecified atom stereocenters. The number of benzene rings is 2. The Morgan fingerprint density at radius 3 is 2.35 bits per heavy atom. The highest BCUT2D eigenvalue weighted by atomic mass is 16.5. The van der Waals surface area contributed by atoms with Crippen molar-refractivity contribution in [3.63, 3.8) is 0 Å². The molecule has 0 atom stereocenters. The van der Waals surface area contributed by atoms with Crippen LogP contribution in [0.3, 0.4) is 0 Å². The van der Waals surface area contributed by atoms with E-state index in [1.807, 2.05) is 42.5 Å². The first-order valence-electron chi connectivity index (χ1n) is 7.94. The van der Waals surface area contributed by atoms with E-state index < -0.39 is 0 Å². The van der Waals surface area contributed by atoms with Crippen LogP contribution in [0, 0.1) is 0 Å². The zero-order valence-corrected chi connectivity index (χ0v) is 12.9. The van der Waals surface area contributed by atoms with E-state index in [0.717, 1.165) is 30.5 Å². The van der Waals surface area contributed by atoms with Crippen molar-refractivity contribution in [1.82, 2.24) is 5.32 Å². The number of nitrogens with two attached hydrogens (primary N) is 1. The largest absolute Gasteiger partial charge is 0.445 e. The van der Waals surface area contributed by atoms with Crippen LogP contribution in [0.4, 0.5) is 10.5 Å². The Bertz CT molecular complexity index is 705. The molecule has 3 saturated carbocycles. The molecule has 3 fully saturated rings. The van der Waals surface area contributed by atoms with E-state index in [0.29, 0.717) is 6.61 Å². The van der Waals surface area contributed by atoms with Crippen LogP contribution in [0.25, 0.3) is 0 Å². The molecular formula is C19H20N2O2. The molecule has 0 radical (unpaired) electrons. The van der Waals surface area contributed by atoms with Crippen LogP contribution >= 0.6 is 0 Å². The molecule has 118 valence electrons. The van der Waals surface area contributed by atoms with Gasteiger partial charge in [0.1, 0.15) is 6.61 Å². The van der Waals surface area contributed by atoms with Crippen LogP contribution in [0.2, 0.25) is 0 Å². The number of carbonyl (C=O) groups is 1. The summed E-state index contributed by atoms with van der Waals surface area (Å²) in [5.74, 6) is 0. The molecule has 3 aliphatic rings. The minimum Gasteiger partial charge on any atom is -0.445 e. The quantitative estimate of drug-likeness (QED) is 0.851. The van der Waals surface area contributed by atoms with Crippen molar-refractivity contribution in [1.29, 1.82) is 0 Å². The molecule has 0 spiro atoms. The van der Waals surface area contributed by atoms with Crippen LogP contribution in [-0.2, 0) is 16.8 Å². The van der Waals surface area contributed by atoms with E-state index in [4.69, 9.17) is 10.5 Å². The van der Waals surface area contributed by atoms with Gasteiger partial charge in [-0.3, -0.25) is 0 Å². The summed E-state index contributed by atoms with van der Waals surface area (Å²) in [5.41, 5.74) is 9.03. The zero-order chi connectivity index (χ0) is 15.9. The van der Waals surface area contributed by atoms with E-state index in [9.17, 15) is 4.79 Å². The Hall–Kier alpha value is -2.49. The van der Waals surface area contributed by atoms with Crippen molar-refractivity contribution in [2.24, 2.45) is 0 Å². The first-order chi connectivity index (χ1) is 11.1. The topological polar surface area (TPSA) is 64.3 Å². The van der Waals surface area contributed by atoms with Crippen molar-refractivity contribution < 1.29 is 9.53 Å². The molecule has 0 saturated heterocycles. The van der Waals surface area contributed by atoms with Crippen molar-refractivity contribution >= 4 is 11.8 Å². The number of nitrogen functional groups attached to an aromatic ring is 1. The molecule has 0 aromatic heterocycles. The summed E-state index contributed by atoms with van der Waals surface area (Å²) in [6, 6.07) is 17.8. The highest BCUT2D eigenvalue weighted by Crippen LogP contribution is 2.67. The lowest BCUT2D eigenvalue weighted by molar-refractivity contribution is -0.0844. The van der Waals surface area contributed by atoms with Crippen LogP contribution < -0.4 is 11.1 Å². The predicted octanol–water partition coefficient (Wildman–Crippen LogP) is 3.37. The average Bonchev–Trinajstić information content (AvgIpc) is 2.50. The number of rotatable bonds is 4. The number of alkyl carbamates (subject to hydrolysis) is 1. The molecular weight excluding hydrogens is 288 g/mol. The van der Waals surface area contributed by atoms with Gasteiger partial charge < -0.3 is 15.8 Å². The second-order valence-corrected chi connectivity index (χ2v) is 6.90. The molecule has 4 heteroatoms. The number of nitrogens with one attached hydrogen (secondary N) is 1. The number of amides is 1. The molecule has 5 rings (SSSR count). The predicted molar refractivity (Wildman–Crippen MR) is 88.9 cm³/mol. The second-order valence-electron chi connectivity index (χ2n) is 6.90. The molecule has 2 bridgehead atoms. The maximum absolute atomic E-state index is 12.0. The molecule has 4 nitrogen and oxygen atoms in total. The number of anilines is 1. The third-order valence-electron chi connectivity index (χ3n) is 5.13. The minimum absolute atomic E-state index is 0.0604. The molecule has 2 aromatic rings. The molecule has 23 heavy (non-hydrogen) atoms. The number of ether oxygens (including phenoxy) is 1. The summed E-state index contributed by atoms with van der Waals surface area (Å²) in [4.78, 5) is 12.0. The number of carbonyl (C=O) groups excluding carboxylic acids is 1. The molecule has 0 heterocycles. The lowest BCUT2D eigenvalue weighted by Gasteiger charge is -2.70. The number of hydrogen-bond acceptors (Lipinski definition) is 3. The van der Waals surface area contributed by atoms with E-state index in [1.54, 1.807) is 0 Å². The van der Waals surface area contributed by atoms with Gasteiger partial charge in [-0.2, -0.15) is 0 Å². The van der Waals surface area contributed by atoms with Crippen molar-refractivity contribution in [3.8, 4) is 0 Å². The average molecular weight is 308 g/mol. The SMILES string of the molecule is Nc1ccc(C23CC(NC(=O)OCc4ccccc4)(C2)C3)cc1. The fourth-order valence-corrected chi connectivity index (χ4v) is 4.04. The summed E-state index contributed by atoms with van der Waals surface area (Å²) < 4.78 is 5.31. The first-order valence-corrected chi connectivity index (χ1v) is 7.94. The summed E-state index contributed by atoms with van der Waals surface area (Å²) in [7, 11) is 0. The van der Waals surface area contributed by atoms with Crippen LogP contribution in [-0.4, -0.2) is 11.6 Å². The van der Waals surface area contributed by atoms with Crippen LogP contribution in [0.15, 0.2) is 54.6 Å². The van der Waals surface area contributed by atoms with Crippen molar-refractivity contribution in [2.45, 2.75) is 36.8 Å². The van der Waals surface area contributed by atoms with E-state index in [-0.39, 0.29) is 17.0 Å². The summed E-state index contributed by atoms with van der Waals surface area (Å²) in [6.45, 7) is 0.311. The van der Waals surface area contributed by atoms with E-state index >= 15 is 0 Å². The molecule has 3 N–H and O–H groups in total. The van der Waals surface area contributed by atoms with Gasteiger partial charge in [0, 0.05) is 16.6 Å². The highest BCUT2D eigenvalue weighted by molar-refractivity contribution is 5.70. The van der Waals surface area contributed by atoms with Gasteiger partial charge in [0.2, 0.25) is 0 Å². The molecule has 1 amide bonds. The van der Waals surface area contributed by atoms with Gasteiger partial charge in [-0.05, 0) is 42.5 Å². The Morgan fingerprint density at radius 1 is 1.04 bits per heavy atom. The van der Waals surface area contributed by atoms with Gasteiger partial charge in [0.25, 0.3) is 0 Å². The van der Waals surface area contributed by atoms with Crippen molar-refractivity contribution in [3.05, 3.63) is 65.7 Å². The molecule has 0 aliphatic heterocycles. The third kappa shape index (κ3) is 2.44. The monoisotopic (exact) mass is 308 g/mol. The number of hydrogen-bond donors (Lipinski definition) is 2.